The molecule has 106 valence electrons. The van der Waals surface area contributed by atoms with Crippen LogP contribution in [0, 0.1) is 5.92 Å². The van der Waals surface area contributed by atoms with Gasteiger partial charge in [-0.05, 0) is 24.8 Å². The first-order chi connectivity index (χ1) is 9.13. The number of nitrogens with zero attached hydrogens (tertiary/aromatic N) is 1. The summed E-state index contributed by atoms with van der Waals surface area (Å²) >= 11 is 0. The van der Waals surface area contributed by atoms with E-state index in [0.717, 1.165) is 31.5 Å². The van der Waals surface area contributed by atoms with Gasteiger partial charge in [0.2, 0.25) is 0 Å². The first-order valence-corrected chi connectivity index (χ1v) is 7.10. The lowest BCUT2D eigenvalue weighted by atomic mass is 10.1. The number of rotatable bonds is 8. The number of amides is 1. The molecule has 0 fully saturated rings. The Morgan fingerprint density at radius 3 is 2.79 bits per heavy atom. The number of carbonyl (C=O) groups excluding carboxylic acids is 1. The zero-order valence-corrected chi connectivity index (χ0v) is 12.2. The van der Waals surface area contributed by atoms with Crippen LogP contribution in [0.5, 0.6) is 0 Å². The van der Waals surface area contributed by atoms with E-state index in [1.54, 1.807) is 12.4 Å². The molecule has 1 amide bonds. The predicted molar refractivity (Wildman–Crippen MR) is 79.4 cm³/mol. The van der Waals surface area contributed by atoms with Crippen molar-refractivity contribution in [1.82, 2.24) is 10.3 Å². The molecule has 0 saturated heterocycles. The van der Waals surface area contributed by atoms with Gasteiger partial charge in [0.25, 0.3) is 5.91 Å². The zero-order valence-electron chi connectivity index (χ0n) is 12.2. The highest BCUT2D eigenvalue weighted by Gasteiger charge is 2.06. The quantitative estimate of drug-likeness (QED) is 0.709. The van der Waals surface area contributed by atoms with Gasteiger partial charge in [0.15, 0.2) is 0 Å². The topological polar surface area (TPSA) is 54.0 Å². The van der Waals surface area contributed by atoms with E-state index in [2.05, 4.69) is 36.4 Å². The standard InChI is InChI=1S/C15H25N3O/c1-4-5-7-17-14-9-13(10-16-11-14)15(19)18-8-6-12(2)3/h9-12,17H,4-8H2,1-3H3,(H,18,19). The van der Waals surface area contributed by atoms with E-state index in [-0.39, 0.29) is 5.91 Å². The van der Waals surface area contributed by atoms with Crippen LogP contribution in [0.25, 0.3) is 0 Å². The molecule has 0 radical (unpaired) electrons. The molecule has 0 aliphatic carbocycles. The summed E-state index contributed by atoms with van der Waals surface area (Å²) in [7, 11) is 0. The van der Waals surface area contributed by atoms with Gasteiger partial charge in [-0.1, -0.05) is 27.2 Å². The van der Waals surface area contributed by atoms with Crippen molar-refractivity contribution >= 4 is 11.6 Å². The van der Waals surface area contributed by atoms with Gasteiger partial charge in [0.1, 0.15) is 0 Å². The first kappa shape index (κ1) is 15.5. The first-order valence-electron chi connectivity index (χ1n) is 7.10. The third-order valence-corrected chi connectivity index (χ3v) is 2.87. The maximum atomic E-state index is 11.9. The third kappa shape index (κ3) is 6.22. The predicted octanol–water partition coefficient (Wildman–Crippen LogP) is 3.07. The number of carbonyl (C=O) groups is 1. The molecule has 0 aliphatic rings. The number of hydrogen-bond donors (Lipinski definition) is 2. The molecule has 2 N–H and O–H groups in total. The zero-order chi connectivity index (χ0) is 14.1. The van der Waals surface area contributed by atoms with Crippen LogP contribution in [0.4, 0.5) is 5.69 Å². The Morgan fingerprint density at radius 1 is 1.32 bits per heavy atom. The van der Waals surface area contributed by atoms with Crippen LogP contribution in [0.3, 0.4) is 0 Å². The van der Waals surface area contributed by atoms with Crippen molar-refractivity contribution in [1.29, 1.82) is 0 Å². The lowest BCUT2D eigenvalue weighted by molar-refractivity contribution is 0.0951. The Bertz CT molecular complexity index is 391. The summed E-state index contributed by atoms with van der Waals surface area (Å²) < 4.78 is 0. The molecule has 1 aromatic rings. The van der Waals surface area contributed by atoms with Crippen molar-refractivity contribution in [3.05, 3.63) is 24.0 Å². The van der Waals surface area contributed by atoms with E-state index in [4.69, 9.17) is 0 Å². The van der Waals surface area contributed by atoms with Gasteiger partial charge >= 0.3 is 0 Å². The summed E-state index contributed by atoms with van der Waals surface area (Å²) in [6.07, 6.45) is 6.62. The van der Waals surface area contributed by atoms with Gasteiger partial charge in [-0.15, -0.1) is 0 Å². The molecule has 1 aromatic heterocycles. The van der Waals surface area contributed by atoms with Crippen LogP contribution in [0.2, 0.25) is 0 Å². The van der Waals surface area contributed by atoms with Gasteiger partial charge in [0, 0.05) is 25.5 Å². The molecule has 19 heavy (non-hydrogen) atoms. The van der Waals surface area contributed by atoms with E-state index in [9.17, 15) is 4.79 Å². The maximum Gasteiger partial charge on any atom is 0.252 e. The minimum atomic E-state index is -0.0488. The van der Waals surface area contributed by atoms with Gasteiger partial charge in [-0.25, -0.2) is 0 Å². The van der Waals surface area contributed by atoms with E-state index in [1.807, 2.05) is 6.07 Å². The van der Waals surface area contributed by atoms with Crippen molar-refractivity contribution in [2.45, 2.75) is 40.0 Å². The normalized spacial score (nSPS) is 10.5. The van der Waals surface area contributed by atoms with Crippen LogP contribution in [0.1, 0.15) is 50.4 Å². The largest absolute Gasteiger partial charge is 0.384 e. The van der Waals surface area contributed by atoms with Crippen LogP contribution < -0.4 is 10.6 Å². The minimum absolute atomic E-state index is 0.0488. The SMILES string of the molecule is CCCCNc1cncc(C(=O)NCCC(C)C)c1. The van der Waals surface area contributed by atoms with Gasteiger partial charge in [-0.2, -0.15) is 0 Å². The molecule has 4 nitrogen and oxygen atoms in total. The highest BCUT2D eigenvalue weighted by atomic mass is 16.1. The Labute approximate surface area is 116 Å². The fourth-order valence-electron chi connectivity index (χ4n) is 1.65. The van der Waals surface area contributed by atoms with Crippen LogP contribution in [-0.2, 0) is 0 Å². The summed E-state index contributed by atoms with van der Waals surface area (Å²) in [5.41, 5.74) is 1.52. The monoisotopic (exact) mass is 263 g/mol. The van der Waals surface area contributed by atoms with E-state index in [1.165, 1.54) is 0 Å². The summed E-state index contributed by atoms with van der Waals surface area (Å²) in [6, 6.07) is 1.85. The molecule has 0 spiro atoms. The van der Waals surface area contributed by atoms with Crippen molar-refractivity contribution in [3.8, 4) is 0 Å². The molecule has 0 unspecified atom stereocenters. The number of aromatic nitrogens is 1. The van der Waals surface area contributed by atoms with Crippen molar-refractivity contribution in [2.24, 2.45) is 5.92 Å². The number of unbranched alkanes of at least 4 members (excludes halogenated alkanes) is 1. The summed E-state index contributed by atoms with van der Waals surface area (Å²) in [4.78, 5) is 16.0. The Morgan fingerprint density at radius 2 is 2.11 bits per heavy atom. The van der Waals surface area contributed by atoms with Gasteiger partial charge in [-0.3, -0.25) is 9.78 Å². The molecule has 0 saturated carbocycles. The van der Waals surface area contributed by atoms with E-state index >= 15 is 0 Å². The summed E-state index contributed by atoms with van der Waals surface area (Å²) in [5.74, 6) is 0.549. The van der Waals surface area contributed by atoms with Crippen molar-refractivity contribution in [2.75, 3.05) is 18.4 Å². The molecule has 0 bridgehead atoms. The third-order valence-electron chi connectivity index (χ3n) is 2.87. The van der Waals surface area contributed by atoms with Crippen LogP contribution in [-0.4, -0.2) is 24.0 Å². The molecular formula is C15H25N3O. The summed E-state index contributed by atoms with van der Waals surface area (Å²) in [5, 5.41) is 6.19. The highest BCUT2D eigenvalue weighted by molar-refractivity contribution is 5.94. The Kier molecular flexibility index (Phi) is 6.93. The maximum absolute atomic E-state index is 11.9. The average molecular weight is 263 g/mol. The minimum Gasteiger partial charge on any atom is -0.384 e. The van der Waals surface area contributed by atoms with E-state index in [0.29, 0.717) is 18.0 Å². The molecule has 1 rings (SSSR count). The smallest absolute Gasteiger partial charge is 0.252 e. The number of pyridine rings is 1. The van der Waals surface area contributed by atoms with Gasteiger partial charge in [0.05, 0.1) is 11.3 Å². The molecule has 0 aliphatic heterocycles. The van der Waals surface area contributed by atoms with Crippen molar-refractivity contribution in [3.63, 3.8) is 0 Å². The second kappa shape index (κ2) is 8.51. The number of hydrogen-bond acceptors (Lipinski definition) is 3. The lowest BCUT2D eigenvalue weighted by Gasteiger charge is -2.09. The molecule has 0 aromatic carbocycles. The average Bonchev–Trinajstić information content (AvgIpc) is 2.39. The van der Waals surface area contributed by atoms with Gasteiger partial charge < -0.3 is 10.6 Å². The Hall–Kier alpha value is -1.58. The fourth-order valence-corrected chi connectivity index (χ4v) is 1.65. The second-order valence-electron chi connectivity index (χ2n) is 5.18. The molecule has 0 atom stereocenters. The van der Waals surface area contributed by atoms with E-state index < -0.39 is 0 Å². The number of nitrogens with one attached hydrogen (secondary N) is 2. The van der Waals surface area contributed by atoms with Crippen LogP contribution in [0.15, 0.2) is 18.5 Å². The molecule has 4 heteroatoms. The fraction of sp³-hybridized carbons (Fsp3) is 0.600. The highest BCUT2D eigenvalue weighted by Crippen LogP contribution is 2.08. The van der Waals surface area contributed by atoms with Crippen LogP contribution >= 0.6 is 0 Å². The molecule has 1 heterocycles. The molecular weight excluding hydrogens is 238 g/mol. The summed E-state index contributed by atoms with van der Waals surface area (Å²) in [6.45, 7) is 8.07. The Balaban J connectivity index is 2.48. The van der Waals surface area contributed by atoms with Crippen molar-refractivity contribution < 1.29 is 4.79 Å². The lowest BCUT2D eigenvalue weighted by Crippen LogP contribution is -2.25. The second-order valence-corrected chi connectivity index (χ2v) is 5.18. The number of anilines is 1.